The first-order chi connectivity index (χ1) is 9.09. The van der Waals surface area contributed by atoms with Gasteiger partial charge in [-0.05, 0) is 30.5 Å². The molecule has 0 aliphatic heterocycles. The van der Waals surface area contributed by atoms with Crippen LogP contribution < -0.4 is 0 Å². The first-order valence-electron chi connectivity index (χ1n) is 6.30. The molecule has 1 saturated carbocycles. The predicted molar refractivity (Wildman–Crippen MR) is 71.2 cm³/mol. The van der Waals surface area contributed by atoms with Crippen molar-refractivity contribution in [3.63, 3.8) is 0 Å². The highest BCUT2D eigenvalue weighted by molar-refractivity contribution is 7.89. The van der Waals surface area contributed by atoms with Gasteiger partial charge in [0.1, 0.15) is 0 Å². The fourth-order valence-corrected chi connectivity index (χ4v) is 3.72. The largest absolute Gasteiger partial charge is 0.392 e. The molecule has 1 aromatic rings. The molecule has 5 nitrogen and oxygen atoms in total. The molecule has 1 aliphatic rings. The molecular weight excluding hydrogens is 266 g/mol. The summed E-state index contributed by atoms with van der Waals surface area (Å²) in [7, 11) is -1.94. The predicted octanol–water partition coefficient (Wildman–Crippen LogP) is 0.978. The van der Waals surface area contributed by atoms with E-state index in [1.54, 1.807) is 25.3 Å². The van der Waals surface area contributed by atoms with Crippen molar-refractivity contribution in [3.05, 3.63) is 29.8 Å². The summed E-state index contributed by atoms with van der Waals surface area (Å²) >= 11 is 0. The van der Waals surface area contributed by atoms with Crippen LogP contribution in [0, 0.1) is 0 Å². The van der Waals surface area contributed by atoms with Crippen LogP contribution in [0.15, 0.2) is 29.2 Å². The number of aliphatic hydroxyl groups is 1. The van der Waals surface area contributed by atoms with Gasteiger partial charge in [-0.1, -0.05) is 12.1 Å². The Morgan fingerprint density at radius 1 is 1.42 bits per heavy atom. The van der Waals surface area contributed by atoms with E-state index in [0.717, 1.165) is 12.8 Å². The zero-order valence-electron chi connectivity index (χ0n) is 10.9. The quantitative estimate of drug-likeness (QED) is 0.811. The summed E-state index contributed by atoms with van der Waals surface area (Å²) in [6.45, 7) is 0.590. The van der Waals surface area contributed by atoms with Gasteiger partial charge in [0.25, 0.3) is 0 Å². The van der Waals surface area contributed by atoms with Crippen LogP contribution in [0.3, 0.4) is 0 Å². The molecule has 0 spiro atoms. The van der Waals surface area contributed by atoms with Gasteiger partial charge in [0.15, 0.2) is 0 Å². The summed E-state index contributed by atoms with van der Waals surface area (Å²) in [5, 5.41) is 9.10. The van der Waals surface area contributed by atoms with Crippen molar-refractivity contribution in [1.29, 1.82) is 0 Å². The van der Waals surface area contributed by atoms with Gasteiger partial charge < -0.3 is 9.84 Å². The maximum Gasteiger partial charge on any atom is 0.243 e. The van der Waals surface area contributed by atoms with E-state index in [9.17, 15) is 8.42 Å². The zero-order chi connectivity index (χ0) is 13.9. The summed E-state index contributed by atoms with van der Waals surface area (Å²) < 4.78 is 31.6. The van der Waals surface area contributed by atoms with Gasteiger partial charge in [0, 0.05) is 19.7 Å². The SMILES string of the molecule is COCCN(C1CC1)S(=O)(=O)c1cccc(CO)c1. The molecule has 0 saturated heterocycles. The maximum atomic E-state index is 12.6. The van der Waals surface area contributed by atoms with E-state index in [4.69, 9.17) is 9.84 Å². The number of hydrogen-bond acceptors (Lipinski definition) is 4. The van der Waals surface area contributed by atoms with Crippen LogP contribution in [0.1, 0.15) is 18.4 Å². The van der Waals surface area contributed by atoms with E-state index in [1.165, 1.54) is 10.4 Å². The minimum atomic E-state index is -3.50. The molecule has 1 aliphatic carbocycles. The second kappa shape index (κ2) is 6.00. The molecule has 106 valence electrons. The Kier molecular flexibility index (Phi) is 4.57. The van der Waals surface area contributed by atoms with Crippen LogP contribution in [-0.2, 0) is 21.4 Å². The molecule has 6 heteroatoms. The van der Waals surface area contributed by atoms with Crippen molar-refractivity contribution in [2.45, 2.75) is 30.4 Å². The molecule has 2 rings (SSSR count). The van der Waals surface area contributed by atoms with Crippen LogP contribution >= 0.6 is 0 Å². The van der Waals surface area contributed by atoms with Crippen LogP contribution in [0.5, 0.6) is 0 Å². The Hall–Kier alpha value is -0.950. The second-order valence-electron chi connectivity index (χ2n) is 4.65. The molecular formula is C13H19NO4S. The van der Waals surface area contributed by atoms with E-state index >= 15 is 0 Å². The molecule has 0 amide bonds. The molecule has 0 bridgehead atoms. The maximum absolute atomic E-state index is 12.6. The molecule has 0 unspecified atom stereocenters. The number of ether oxygens (including phenoxy) is 1. The normalized spacial score (nSPS) is 15.9. The lowest BCUT2D eigenvalue weighted by Gasteiger charge is -2.21. The highest BCUT2D eigenvalue weighted by Gasteiger charge is 2.37. The summed E-state index contributed by atoms with van der Waals surface area (Å²) in [5.41, 5.74) is 0.601. The molecule has 0 radical (unpaired) electrons. The smallest absolute Gasteiger partial charge is 0.243 e. The zero-order valence-corrected chi connectivity index (χ0v) is 11.8. The van der Waals surface area contributed by atoms with Crippen molar-refractivity contribution in [2.75, 3.05) is 20.3 Å². The first-order valence-corrected chi connectivity index (χ1v) is 7.74. The van der Waals surface area contributed by atoms with Gasteiger partial charge in [-0.15, -0.1) is 0 Å². The highest BCUT2D eigenvalue weighted by atomic mass is 32.2. The van der Waals surface area contributed by atoms with E-state index < -0.39 is 10.0 Å². The van der Waals surface area contributed by atoms with Crippen molar-refractivity contribution >= 4 is 10.0 Å². The molecule has 0 heterocycles. The van der Waals surface area contributed by atoms with Gasteiger partial charge >= 0.3 is 0 Å². The van der Waals surface area contributed by atoms with Crippen LogP contribution in [0.4, 0.5) is 0 Å². The Bertz CT molecular complexity index is 525. The molecule has 1 N–H and O–H groups in total. The number of benzene rings is 1. The molecule has 0 aromatic heterocycles. The molecule has 0 atom stereocenters. The minimum absolute atomic E-state index is 0.0953. The van der Waals surface area contributed by atoms with Gasteiger partial charge in [-0.2, -0.15) is 4.31 Å². The lowest BCUT2D eigenvalue weighted by molar-refractivity contribution is 0.177. The van der Waals surface area contributed by atoms with Gasteiger partial charge in [0.2, 0.25) is 10.0 Å². The first kappa shape index (κ1) is 14.5. The van der Waals surface area contributed by atoms with Crippen molar-refractivity contribution in [2.24, 2.45) is 0 Å². The number of rotatable bonds is 7. The second-order valence-corrected chi connectivity index (χ2v) is 6.54. The van der Waals surface area contributed by atoms with E-state index in [0.29, 0.717) is 18.7 Å². The lowest BCUT2D eigenvalue weighted by atomic mass is 10.2. The fourth-order valence-electron chi connectivity index (χ4n) is 1.98. The molecule has 1 aromatic carbocycles. The average molecular weight is 285 g/mol. The van der Waals surface area contributed by atoms with Crippen molar-refractivity contribution in [3.8, 4) is 0 Å². The average Bonchev–Trinajstić information content (AvgIpc) is 3.23. The van der Waals surface area contributed by atoms with Crippen LogP contribution in [0.2, 0.25) is 0 Å². The summed E-state index contributed by atoms with van der Waals surface area (Å²) in [6.07, 6.45) is 1.81. The number of sulfonamides is 1. The van der Waals surface area contributed by atoms with Gasteiger partial charge in [-0.25, -0.2) is 8.42 Å². The van der Waals surface area contributed by atoms with Gasteiger partial charge in [-0.3, -0.25) is 0 Å². The summed E-state index contributed by atoms with van der Waals surface area (Å²) in [5.74, 6) is 0. The Labute approximate surface area is 113 Å². The van der Waals surface area contributed by atoms with Gasteiger partial charge in [0.05, 0.1) is 18.1 Å². The number of nitrogens with zero attached hydrogens (tertiary/aromatic N) is 1. The number of aliphatic hydroxyl groups excluding tert-OH is 1. The third-order valence-corrected chi connectivity index (χ3v) is 5.11. The molecule has 1 fully saturated rings. The number of hydrogen-bond donors (Lipinski definition) is 1. The van der Waals surface area contributed by atoms with Crippen LogP contribution in [-0.4, -0.2) is 44.1 Å². The van der Waals surface area contributed by atoms with E-state index in [1.807, 2.05) is 0 Å². The fraction of sp³-hybridized carbons (Fsp3) is 0.538. The summed E-state index contributed by atoms with van der Waals surface area (Å²) in [4.78, 5) is 0.238. The topological polar surface area (TPSA) is 66.8 Å². The monoisotopic (exact) mass is 285 g/mol. The highest BCUT2D eigenvalue weighted by Crippen LogP contribution is 2.31. The minimum Gasteiger partial charge on any atom is -0.392 e. The third-order valence-electron chi connectivity index (χ3n) is 3.16. The van der Waals surface area contributed by atoms with Crippen LogP contribution in [0.25, 0.3) is 0 Å². The van der Waals surface area contributed by atoms with Crippen molar-refractivity contribution < 1.29 is 18.3 Å². The Balaban J connectivity index is 2.27. The number of methoxy groups -OCH3 is 1. The molecule has 19 heavy (non-hydrogen) atoms. The summed E-state index contributed by atoms with van der Waals surface area (Å²) in [6, 6.07) is 6.54. The van der Waals surface area contributed by atoms with E-state index in [-0.39, 0.29) is 17.5 Å². The third kappa shape index (κ3) is 3.33. The van der Waals surface area contributed by atoms with Crippen molar-refractivity contribution in [1.82, 2.24) is 4.31 Å². The lowest BCUT2D eigenvalue weighted by Crippen LogP contribution is -2.35. The Morgan fingerprint density at radius 3 is 2.74 bits per heavy atom. The van der Waals surface area contributed by atoms with E-state index in [2.05, 4.69) is 0 Å². The standard InChI is InChI=1S/C13H19NO4S/c1-18-8-7-14(12-5-6-12)19(16,17)13-4-2-3-11(9-13)10-15/h2-4,9,12,15H,5-8,10H2,1H3. The Morgan fingerprint density at radius 2 is 2.16 bits per heavy atom.